The maximum Gasteiger partial charge on any atom is 0.255 e. The number of piperidine rings is 1. The fourth-order valence-corrected chi connectivity index (χ4v) is 2.97. The van der Waals surface area contributed by atoms with Gasteiger partial charge in [0.15, 0.2) is 0 Å². The smallest absolute Gasteiger partial charge is 0.255 e. The highest BCUT2D eigenvalue weighted by Gasteiger charge is 2.25. The summed E-state index contributed by atoms with van der Waals surface area (Å²) in [5.41, 5.74) is 0.629. The van der Waals surface area contributed by atoms with Gasteiger partial charge in [0.25, 0.3) is 5.91 Å². The second-order valence-corrected chi connectivity index (χ2v) is 7.41. The van der Waals surface area contributed by atoms with Crippen LogP contribution in [0.2, 0.25) is 0 Å². The molecule has 1 amide bonds. The van der Waals surface area contributed by atoms with Gasteiger partial charge in [-0.2, -0.15) is 0 Å². The lowest BCUT2D eigenvalue weighted by Gasteiger charge is -2.32. The van der Waals surface area contributed by atoms with E-state index in [0.29, 0.717) is 30.6 Å². The first-order chi connectivity index (χ1) is 13.0. The van der Waals surface area contributed by atoms with Crippen LogP contribution in [-0.2, 0) is 0 Å². The maximum atomic E-state index is 12.7. The summed E-state index contributed by atoms with van der Waals surface area (Å²) in [7, 11) is 0. The maximum absolute atomic E-state index is 12.7. The molecule has 6 heteroatoms. The van der Waals surface area contributed by atoms with Crippen LogP contribution >= 0.6 is 0 Å². The van der Waals surface area contributed by atoms with E-state index in [-0.39, 0.29) is 12.0 Å². The van der Waals surface area contributed by atoms with Gasteiger partial charge in [0, 0.05) is 44.4 Å². The number of aromatic nitrogens is 2. The Balaban J connectivity index is 1.51. The van der Waals surface area contributed by atoms with Gasteiger partial charge >= 0.3 is 0 Å². The predicted molar refractivity (Wildman–Crippen MR) is 106 cm³/mol. The van der Waals surface area contributed by atoms with Crippen molar-refractivity contribution in [2.24, 2.45) is 5.92 Å². The van der Waals surface area contributed by atoms with E-state index in [1.807, 2.05) is 29.2 Å². The summed E-state index contributed by atoms with van der Waals surface area (Å²) >= 11 is 0. The quantitative estimate of drug-likeness (QED) is 0.843. The molecule has 3 rings (SSSR count). The standard InChI is InChI=1S/C21H28N4O2/c1-15(2)16(3)24-20-7-6-17(13-23-20)21(26)25-11-8-18(9-12-25)27-19-5-4-10-22-14-19/h4-7,10,13-16,18H,8-9,11-12H2,1-3H3,(H,23,24)/t16-/m1/s1. The minimum absolute atomic E-state index is 0.0331. The number of nitrogens with one attached hydrogen (secondary N) is 1. The minimum Gasteiger partial charge on any atom is -0.489 e. The van der Waals surface area contributed by atoms with Gasteiger partial charge in [-0.05, 0) is 37.1 Å². The molecule has 0 bridgehead atoms. The fourth-order valence-electron chi connectivity index (χ4n) is 2.97. The first kappa shape index (κ1) is 19.1. The summed E-state index contributed by atoms with van der Waals surface area (Å²) in [5, 5.41) is 3.36. The number of amides is 1. The van der Waals surface area contributed by atoms with E-state index in [4.69, 9.17) is 4.74 Å². The number of nitrogens with zero attached hydrogens (tertiary/aromatic N) is 3. The van der Waals surface area contributed by atoms with Crippen LogP contribution in [0.5, 0.6) is 5.75 Å². The van der Waals surface area contributed by atoms with Gasteiger partial charge in [-0.15, -0.1) is 0 Å². The molecule has 0 unspecified atom stereocenters. The topological polar surface area (TPSA) is 67.4 Å². The molecule has 144 valence electrons. The molecule has 2 aromatic rings. The Labute approximate surface area is 161 Å². The van der Waals surface area contributed by atoms with E-state index >= 15 is 0 Å². The molecule has 1 fully saturated rings. The van der Waals surface area contributed by atoms with Crippen molar-refractivity contribution in [1.82, 2.24) is 14.9 Å². The lowest BCUT2D eigenvalue weighted by atomic mass is 10.1. The summed E-state index contributed by atoms with van der Waals surface area (Å²) in [6, 6.07) is 7.83. The van der Waals surface area contributed by atoms with Gasteiger partial charge in [0.05, 0.1) is 11.8 Å². The Hall–Kier alpha value is -2.63. The summed E-state index contributed by atoms with van der Waals surface area (Å²) in [5.74, 6) is 2.13. The third kappa shape index (κ3) is 5.18. The Bertz CT molecular complexity index is 726. The van der Waals surface area contributed by atoms with Crippen molar-refractivity contribution in [3.8, 4) is 5.75 Å². The highest BCUT2D eigenvalue weighted by atomic mass is 16.5. The van der Waals surface area contributed by atoms with Crippen molar-refractivity contribution in [2.45, 2.75) is 45.8 Å². The zero-order chi connectivity index (χ0) is 19.2. The monoisotopic (exact) mass is 368 g/mol. The van der Waals surface area contributed by atoms with Crippen LogP contribution in [0.25, 0.3) is 0 Å². The van der Waals surface area contributed by atoms with Crippen molar-refractivity contribution in [3.05, 3.63) is 48.4 Å². The molecule has 0 saturated carbocycles. The van der Waals surface area contributed by atoms with Gasteiger partial charge < -0.3 is 15.0 Å². The molecule has 1 N–H and O–H groups in total. The lowest BCUT2D eigenvalue weighted by molar-refractivity contribution is 0.0594. The van der Waals surface area contributed by atoms with Crippen molar-refractivity contribution in [2.75, 3.05) is 18.4 Å². The fraction of sp³-hybridized carbons (Fsp3) is 0.476. The summed E-state index contributed by atoms with van der Waals surface area (Å²) in [4.78, 5) is 23.1. The molecule has 1 saturated heterocycles. The van der Waals surface area contributed by atoms with E-state index in [2.05, 4.69) is 36.1 Å². The normalized spacial score (nSPS) is 16.2. The SMILES string of the molecule is CC(C)[C@@H](C)Nc1ccc(C(=O)N2CCC(Oc3cccnc3)CC2)cn1. The average molecular weight is 368 g/mol. The molecule has 3 heterocycles. The lowest BCUT2D eigenvalue weighted by Crippen LogP contribution is -2.41. The molecule has 1 aliphatic rings. The van der Waals surface area contributed by atoms with Crippen LogP contribution < -0.4 is 10.1 Å². The number of carbonyl (C=O) groups excluding carboxylic acids is 1. The molecule has 1 aliphatic heterocycles. The third-order valence-electron chi connectivity index (χ3n) is 5.05. The molecule has 0 aliphatic carbocycles. The summed E-state index contributed by atoms with van der Waals surface area (Å²) < 4.78 is 5.94. The van der Waals surface area contributed by atoms with E-state index in [9.17, 15) is 4.79 Å². The van der Waals surface area contributed by atoms with Crippen molar-refractivity contribution < 1.29 is 9.53 Å². The molecule has 0 aromatic carbocycles. The average Bonchev–Trinajstić information content (AvgIpc) is 2.69. The van der Waals surface area contributed by atoms with E-state index < -0.39 is 0 Å². The van der Waals surface area contributed by atoms with Gasteiger partial charge in [0.1, 0.15) is 17.7 Å². The highest BCUT2D eigenvalue weighted by molar-refractivity contribution is 5.94. The van der Waals surface area contributed by atoms with Gasteiger partial charge in [-0.1, -0.05) is 13.8 Å². The first-order valence-electron chi connectivity index (χ1n) is 9.61. The first-order valence-corrected chi connectivity index (χ1v) is 9.61. The number of carbonyl (C=O) groups is 1. The minimum atomic E-state index is 0.0331. The molecular formula is C21H28N4O2. The molecule has 27 heavy (non-hydrogen) atoms. The van der Waals surface area contributed by atoms with Gasteiger partial charge in [-0.3, -0.25) is 9.78 Å². The van der Waals surface area contributed by atoms with Gasteiger partial charge in [-0.25, -0.2) is 4.98 Å². The van der Waals surface area contributed by atoms with Crippen LogP contribution in [0.1, 0.15) is 44.0 Å². The zero-order valence-corrected chi connectivity index (χ0v) is 16.3. The van der Waals surface area contributed by atoms with Crippen molar-refractivity contribution >= 4 is 11.7 Å². The Kier molecular flexibility index (Phi) is 6.27. The predicted octanol–water partition coefficient (Wildman–Crippen LogP) is 3.62. The summed E-state index contributed by atoms with van der Waals surface area (Å²) in [6.07, 6.45) is 6.88. The number of likely N-dealkylation sites (tertiary alicyclic amines) is 1. The van der Waals surface area contributed by atoms with E-state index in [1.54, 1.807) is 18.6 Å². The molecule has 6 nitrogen and oxygen atoms in total. The van der Waals surface area contributed by atoms with Crippen LogP contribution in [0.4, 0.5) is 5.82 Å². The second kappa shape index (κ2) is 8.84. The zero-order valence-electron chi connectivity index (χ0n) is 16.3. The van der Waals surface area contributed by atoms with Crippen molar-refractivity contribution in [3.63, 3.8) is 0 Å². The number of anilines is 1. The van der Waals surface area contributed by atoms with Crippen LogP contribution in [0.3, 0.4) is 0 Å². The molecular weight excluding hydrogens is 340 g/mol. The van der Waals surface area contributed by atoms with Crippen LogP contribution in [-0.4, -0.2) is 46.0 Å². The molecule has 2 aromatic heterocycles. The Morgan fingerprint density at radius 3 is 2.56 bits per heavy atom. The number of hydrogen-bond acceptors (Lipinski definition) is 5. The van der Waals surface area contributed by atoms with Gasteiger partial charge in [0.2, 0.25) is 0 Å². The second-order valence-electron chi connectivity index (χ2n) is 7.41. The Morgan fingerprint density at radius 2 is 1.96 bits per heavy atom. The number of rotatable bonds is 6. The number of ether oxygens (including phenoxy) is 1. The largest absolute Gasteiger partial charge is 0.489 e. The molecule has 0 spiro atoms. The molecule has 0 radical (unpaired) electrons. The number of hydrogen-bond donors (Lipinski definition) is 1. The number of pyridine rings is 2. The van der Waals surface area contributed by atoms with Crippen LogP contribution in [0.15, 0.2) is 42.9 Å². The summed E-state index contributed by atoms with van der Waals surface area (Å²) in [6.45, 7) is 7.83. The highest BCUT2D eigenvalue weighted by Crippen LogP contribution is 2.20. The van der Waals surface area contributed by atoms with E-state index in [0.717, 1.165) is 24.4 Å². The third-order valence-corrected chi connectivity index (χ3v) is 5.05. The van der Waals surface area contributed by atoms with E-state index in [1.165, 1.54) is 0 Å². The molecule has 1 atom stereocenters. The Morgan fingerprint density at radius 1 is 1.19 bits per heavy atom. The van der Waals surface area contributed by atoms with Crippen LogP contribution in [0, 0.1) is 5.92 Å². The van der Waals surface area contributed by atoms with Crippen molar-refractivity contribution in [1.29, 1.82) is 0 Å².